The highest BCUT2D eigenvalue weighted by atomic mass is 16.2. The summed E-state index contributed by atoms with van der Waals surface area (Å²) in [6.45, 7) is 4.87. The van der Waals surface area contributed by atoms with Gasteiger partial charge >= 0.3 is 6.03 Å². The molecule has 1 aliphatic heterocycles. The van der Waals surface area contributed by atoms with E-state index in [1.165, 1.54) is 16.3 Å². The molecule has 1 fully saturated rings. The number of carbonyl (C=O) groups excluding carboxylic acids is 1. The summed E-state index contributed by atoms with van der Waals surface area (Å²) < 4.78 is 0. The molecule has 33 heavy (non-hydrogen) atoms. The molecule has 0 spiro atoms. The minimum Gasteiger partial charge on any atom is -0.352 e. The minimum absolute atomic E-state index is 0.0587. The van der Waals surface area contributed by atoms with E-state index in [0.29, 0.717) is 13.1 Å². The van der Waals surface area contributed by atoms with E-state index >= 15 is 0 Å². The molecule has 1 N–H and O–H groups in total. The van der Waals surface area contributed by atoms with Crippen molar-refractivity contribution in [1.82, 2.24) is 15.1 Å². The van der Waals surface area contributed by atoms with Gasteiger partial charge in [0.2, 0.25) is 0 Å². The van der Waals surface area contributed by atoms with Crippen molar-refractivity contribution in [3.05, 3.63) is 84.4 Å². The van der Waals surface area contributed by atoms with Gasteiger partial charge in [0.15, 0.2) is 5.82 Å². The third-order valence-electron chi connectivity index (χ3n) is 6.20. The van der Waals surface area contributed by atoms with Crippen molar-refractivity contribution in [3.8, 4) is 11.3 Å². The number of aryl methyl sites for hydroxylation is 1. The Hall–Kier alpha value is -3.93. The molecule has 6 heteroatoms. The number of nitrogens with one attached hydrogen (secondary N) is 1. The Bertz CT molecular complexity index is 1250. The Morgan fingerprint density at radius 2 is 1.61 bits per heavy atom. The van der Waals surface area contributed by atoms with Gasteiger partial charge in [-0.3, -0.25) is 0 Å². The number of hydrogen-bond acceptors (Lipinski definition) is 4. The lowest BCUT2D eigenvalue weighted by molar-refractivity contribution is 0.208. The fourth-order valence-electron chi connectivity index (χ4n) is 4.16. The largest absolute Gasteiger partial charge is 0.352 e. The number of benzene rings is 3. The highest BCUT2D eigenvalue weighted by Gasteiger charge is 2.22. The molecule has 0 aliphatic carbocycles. The highest BCUT2D eigenvalue weighted by Crippen LogP contribution is 2.24. The van der Waals surface area contributed by atoms with Crippen LogP contribution in [0.1, 0.15) is 12.5 Å². The third kappa shape index (κ3) is 4.65. The SMILES string of the molecule is CCc1ccc(NC(=O)N2CCN(c3ccc(-c4ccc5ccccc5c4)nn3)CC2)cc1. The van der Waals surface area contributed by atoms with Crippen LogP contribution in [0.3, 0.4) is 0 Å². The molecule has 0 radical (unpaired) electrons. The zero-order valence-corrected chi connectivity index (χ0v) is 18.7. The smallest absolute Gasteiger partial charge is 0.321 e. The molecule has 0 unspecified atom stereocenters. The summed E-state index contributed by atoms with van der Waals surface area (Å²) in [6.07, 6.45) is 0.988. The Morgan fingerprint density at radius 1 is 0.848 bits per heavy atom. The molecule has 3 aromatic carbocycles. The molecule has 0 bridgehead atoms. The molecule has 6 nitrogen and oxygen atoms in total. The number of fused-ring (bicyclic) bond motifs is 1. The standard InChI is InChI=1S/C27H27N5O/c1-2-20-7-11-24(12-8-20)28-27(33)32-17-15-31(16-18-32)26-14-13-25(29-30-26)23-10-9-21-5-3-4-6-22(21)19-23/h3-14,19H,2,15-18H2,1H3,(H,28,33). The fourth-order valence-corrected chi connectivity index (χ4v) is 4.16. The van der Waals surface area contributed by atoms with E-state index in [9.17, 15) is 4.79 Å². The first-order chi connectivity index (χ1) is 16.2. The number of amides is 2. The van der Waals surface area contributed by atoms with Gasteiger partial charge in [-0.25, -0.2) is 4.79 Å². The molecule has 2 amide bonds. The molecule has 2 heterocycles. The van der Waals surface area contributed by atoms with Gasteiger partial charge in [-0.15, -0.1) is 10.2 Å². The van der Waals surface area contributed by atoms with Gasteiger partial charge in [0.25, 0.3) is 0 Å². The topological polar surface area (TPSA) is 61.4 Å². The van der Waals surface area contributed by atoms with Crippen LogP contribution in [0.15, 0.2) is 78.9 Å². The van der Waals surface area contributed by atoms with Crippen LogP contribution >= 0.6 is 0 Å². The van der Waals surface area contributed by atoms with E-state index in [-0.39, 0.29) is 6.03 Å². The fraction of sp³-hybridized carbons (Fsp3) is 0.222. The van der Waals surface area contributed by atoms with Crippen LogP contribution in [0.5, 0.6) is 0 Å². The van der Waals surface area contributed by atoms with E-state index in [1.807, 2.05) is 53.4 Å². The highest BCUT2D eigenvalue weighted by molar-refractivity contribution is 5.89. The second-order valence-corrected chi connectivity index (χ2v) is 8.29. The monoisotopic (exact) mass is 437 g/mol. The summed E-state index contributed by atoms with van der Waals surface area (Å²) in [7, 11) is 0. The maximum atomic E-state index is 12.6. The number of anilines is 2. The van der Waals surface area contributed by atoms with Crippen LogP contribution in [0.2, 0.25) is 0 Å². The van der Waals surface area contributed by atoms with Crippen molar-refractivity contribution in [2.75, 3.05) is 36.4 Å². The first-order valence-electron chi connectivity index (χ1n) is 11.4. The van der Waals surface area contributed by atoms with Gasteiger partial charge in [0.1, 0.15) is 0 Å². The second kappa shape index (κ2) is 9.28. The predicted octanol–water partition coefficient (Wildman–Crippen LogP) is 5.21. The molecule has 1 saturated heterocycles. The lowest BCUT2D eigenvalue weighted by atomic mass is 10.1. The number of rotatable bonds is 4. The number of urea groups is 1. The molecule has 5 rings (SSSR count). The number of aromatic nitrogens is 2. The maximum absolute atomic E-state index is 12.6. The number of hydrogen-bond donors (Lipinski definition) is 1. The van der Waals surface area contributed by atoms with Gasteiger partial charge in [-0.1, -0.05) is 55.5 Å². The summed E-state index contributed by atoms with van der Waals surface area (Å²) in [5.41, 5.74) is 4.00. The first kappa shape index (κ1) is 20.9. The Balaban J connectivity index is 1.19. The van der Waals surface area contributed by atoms with E-state index in [0.717, 1.165) is 42.3 Å². The van der Waals surface area contributed by atoms with Gasteiger partial charge in [-0.05, 0) is 53.1 Å². The van der Waals surface area contributed by atoms with Crippen LogP contribution < -0.4 is 10.2 Å². The van der Waals surface area contributed by atoms with Crippen molar-refractivity contribution in [2.45, 2.75) is 13.3 Å². The van der Waals surface area contributed by atoms with Crippen LogP contribution in [0.4, 0.5) is 16.3 Å². The molecular formula is C27H27N5O. The molecule has 0 saturated carbocycles. The van der Waals surface area contributed by atoms with Crippen LogP contribution in [0.25, 0.3) is 22.0 Å². The van der Waals surface area contributed by atoms with E-state index < -0.39 is 0 Å². The average molecular weight is 438 g/mol. The van der Waals surface area contributed by atoms with Gasteiger partial charge in [0, 0.05) is 37.4 Å². The lowest BCUT2D eigenvalue weighted by Crippen LogP contribution is -2.50. The Labute approximate surface area is 193 Å². The van der Waals surface area contributed by atoms with Gasteiger partial charge in [-0.2, -0.15) is 0 Å². The summed E-state index contributed by atoms with van der Waals surface area (Å²) in [4.78, 5) is 16.7. The lowest BCUT2D eigenvalue weighted by Gasteiger charge is -2.35. The van der Waals surface area contributed by atoms with Crippen molar-refractivity contribution >= 4 is 28.3 Å². The second-order valence-electron chi connectivity index (χ2n) is 8.29. The maximum Gasteiger partial charge on any atom is 0.321 e. The van der Waals surface area contributed by atoms with Crippen molar-refractivity contribution < 1.29 is 4.79 Å². The zero-order chi connectivity index (χ0) is 22.6. The van der Waals surface area contributed by atoms with Gasteiger partial charge < -0.3 is 15.1 Å². The summed E-state index contributed by atoms with van der Waals surface area (Å²) in [6, 6.07) is 26.6. The predicted molar refractivity (Wildman–Crippen MR) is 134 cm³/mol. The van der Waals surface area contributed by atoms with Crippen molar-refractivity contribution in [3.63, 3.8) is 0 Å². The first-order valence-corrected chi connectivity index (χ1v) is 11.4. The number of piperazine rings is 1. The molecule has 166 valence electrons. The van der Waals surface area contributed by atoms with E-state index in [4.69, 9.17) is 0 Å². The summed E-state index contributed by atoms with van der Waals surface area (Å²) in [5, 5.41) is 14.3. The van der Waals surface area contributed by atoms with E-state index in [1.54, 1.807) is 0 Å². The van der Waals surface area contributed by atoms with Crippen LogP contribution in [-0.4, -0.2) is 47.3 Å². The number of nitrogens with zero attached hydrogens (tertiary/aromatic N) is 4. The zero-order valence-electron chi connectivity index (χ0n) is 18.7. The number of carbonyl (C=O) groups is 1. The molecule has 0 atom stereocenters. The minimum atomic E-state index is -0.0587. The van der Waals surface area contributed by atoms with Crippen LogP contribution in [-0.2, 0) is 6.42 Å². The normalized spacial score (nSPS) is 13.8. The van der Waals surface area contributed by atoms with E-state index in [2.05, 4.69) is 57.7 Å². The Morgan fingerprint density at radius 3 is 2.30 bits per heavy atom. The summed E-state index contributed by atoms with van der Waals surface area (Å²) in [5.74, 6) is 0.842. The summed E-state index contributed by atoms with van der Waals surface area (Å²) >= 11 is 0. The van der Waals surface area contributed by atoms with Crippen molar-refractivity contribution in [2.24, 2.45) is 0 Å². The molecular weight excluding hydrogens is 410 g/mol. The van der Waals surface area contributed by atoms with Crippen molar-refractivity contribution in [1.29, 1.82) is 0 Å². The molecule has 1 aromatic heterocycles. The third-order valence-corrected chi connectivity index (χ3v) is 6.20. The molecule has 1 aliphatic rings. The Kier molecular flexibility index (Phi) is 5.89. The quantitative estimate of drug-likeness (QED) is 0.476. The van der Waals surface area contributed by atoms with Gasteiger partial charge in [0.05, 0.1) is 5.69 Å². The van der Waals surface area contributed by atoms with Crippen LogP contribution in [0, 0.1) is 0 Å². The molecule has 4 aromatic rings. The average Bonchev–Trinajstić information content (AvgIpc) is 2.89.